The largest absolute Gasteiger partial charge is 0.484 e. The number of hydrogen-bond donors (Lipinski definition) is 1. The van der Waals surface area contributed by atoms with Gasteiger partial charge in [-0.25, -0.2) is 0 Å². The SMILES string of the molecule is Cc1nc(COc2c(Cl)cccc2CC(C)N)no1. The Kier molecular flexibility index (Phi) is 4.39. The number of hydrogen-bond acceptors (Lipinski definition) is 5. The van der Waals surface area contributed by atoms with Gasteiger partial charge in [0.25, 0.3) is 0 Å². The Hall–Kier alpha value is -1.59. The number of nitrogens with two attached hydrogens (primary N) is 1. The van der Waals surface area contributed by atoms with Gasteiger partial charge in [-0.15, -0.1) is 0 Å². The molecule has 0 bridgehead atoms. The summed E-state index contributed by atoms with van der Waals surface area (Å²) in [5.74, 6) is 1.63. The molecule has 0 aliphatic heterocycles. The molecule has 0 aliphatic carbocycles. The number of rotatable bonds is 5. The van der Waals surface area contributed by atoms with Gasteiger partial charge in [0.15, 0.2) is 6.61 Å². The highest BCUT2D eigenvalue weighted by atomic mass is 35.5. The summed E-state index contributed by atoms with van der Waals surface area (Å²) in [6.45, 7) is 3.88. The third-order valence-electron chi connectivity index (χ3n) is 2.51. The third-order valence-corrected chi connectivity index (χ3v) is 2.80. The van der Waals surface area contributed by atoms with Gasteiger partial charge in [-0.3, -0.25) is 0 Å². The summed E-state index contributed by atoms with van der Waals surface area (Å²) in [5, 5.41) is 4.33. The van der Waals surface area contributed by atoms with E-state index in [1.807, 2.05) is 19.1 Å². The molecule has 2 aromatic rings. The molecule has 2 N–H and O–H groups in total. The predicted octanol–water partition coefficient (Wildman–Crippen LogP) is 2.50. The highest BCUT2D eigenvalue weighted by Gasteiger charge is 2.12. The summed E-state index contributed by atoms with van der Waals surface area (Å²) < 4.78 is 10.6. The number of nitrogens with zero attached hydrogens (tertiary/aromatic N) is 2. The van der Waals surface area contributed by atoms with E-state index in [-0.39, 0.29) is 12.6 Å². The number of benzene rings is 1. The molecule has 1 aromatic carbocycles. The summed E-state index contributed by atoms with van der Waals surface area (Å²) in [7, 11) is 0. The van der Waals surface area contributed by atoms with Crippen molar-refractivity contribution in [3.05, 3.63) is 40.5 Å². The fourth-order valence-corrected chi connectivity index (χ4v) is 2.01. The maximum Gasteiger partial charge on any atom is 0.223 e. The molecule has 1 atom stereocenters. The van der Waals surface area contributed by atoms with Gasteiger partial charge in [0.2, 0.25) is 11.7 Å². The second-order valence-corrected chi connectivity index (χ2v) is 4.83. The van der Waals surface area contributed by atoms with Crippen molar-refractivity contribution in [1.82, 2.24) is 10.1 Å². The Morgan fingerprint density at radius 1 is 1.47 bits per heavy atom. The zero-order chi connectivity index (χ0) is 13.8. The highest BCUT2D eigenvalue weighted by Crippen LogP contribution is 2.30. The second-order valence-electron chi connectivity index (χ2n) is 4.43. The van der Waals surface area contributed by atoms with E-state index in [0.29, 0.717) is 28.9 Å². The maximum atomic E-state index is 6.15. The lowest BCUT2D eigenvalue weighted by molar-refractivity contribution is 0.283. The van der Waals surface area contributed by atoms with E-state index in [4.69, 9.17) is 26.6 Å². The van der Waals surface area contributed by atoms with E-state index in [0.717, 1.165) is 5.56 Å². The molecule has 1 unspecified atom stereocenters. The molecule has 1 aromatic heterocycles. The topological polar surface area (TPSA) is 74.2 Å². The van der Waals surface area contributed by atoms with Gasteiger partial charge in [-0.2, -0.15) is 4.98 Å². The lowest BCUT2D eigenvalue weighted by Crippen LogP contribution is -2.18. The molecule has 0 radical (unpaired) electrons. The van der Waals surface area contributed by atoms with Crippen LogP contribution in [0.4, 0.5) is 0 Å². The fourth-order valence-electron chi connectivity index (χ4n) is 1.76. The van der Waals surface area contributed by atoms with Gasteiger partial charge in [-0.05, 0) is 25.0 Å². The van der Waals surface area contributed by atoms with Crippen LogP contribution in [0.15, 0.2) is 22.7 Å². The molecule has 1 heterocycles. The molecule has 0 spiro atoms. The minimum Gasteiger partial charge on any atom is -0.484 e. The molecular weight excluding hydrogens is 266 g/mol. The lowest BCUT2D eigenvalue weighted by Gasteiger charge is -2.13. The van der Waals surface area contributed by atoms with Crippen molar-refractivity contribution in [2.45, 2.75) is 32.9 Å². The quantitative estimate of drug-likeness (QED) is 0.911. The molecule has 0 saturated heterocycles. The van der Waals surface area contributed by atoms with Gasteiger partial charge in [0.05, 0.1) is 5.02 Å². The maximum absolute atomic E-state index is 6.15. The zero-order valence-corrected chi connectivity index (χ0v) is 11.6. The molecule has 0 aliphatic rings. The Morgan fingerprint density at radius 3 is 2.89 bits per heavy atom. The van der Waals surface area contributed by atoms with Crippen LogP contribution < -0.4 is 10.5 Å². The van der Waals surface area contributed by atoms with Crippen molar-refractivity contribution in [3.8, 4) is 5.75 Å². The Balaban J connectivity index is 2.14. The van der Waals surface area contributed by atoms with E-state index in [1.165, 1.54) is 0 Å². The van der Waals surface area contributed by atoms with Crippen molar-refractivity contribution in [1.29, 1.82) is 0 Å². The third kappa shape index (κ3) is 3.68. The van der Waals surface area contributed by atoms with Crippen molar-refractivity contribution in [2.24, 2.45) is 5.73 Å². The Morgan fingerprint density at radius 2 is 2.26 bits per heavy atom. The fraction of sp³-hybridized carbons (Fsp3) is 0.385. The molecule has 19 heavy (non-hydrogen) atoms. The van der Waals surface area contributed by atoms with Gasteiger partial charge >= 0.3 is 0 Å². The average molecular weight is 282 g/mol. The monoisotopic (exact) mass is 281 g/mol. The number of halogens is 1. The second kappa shape index (κ2) is 6.04. The van der Waals surface area contributed by atoms with Crippen LogP contribution >= 0.6 is 11.6 Å². The van der Waals surface area contributed by atoms with Crippen LogP contribution in [0.1, 0.15) is 24.2 Å². The molecule has 0 amide bonds. The first-order valence-electron chi connectivity index (χ1n) is 6.01. The zero-order valence-electron chi connectivity index (χ0n) is 10.9. The summed E-state index contributed by atoms with van der Waals surface area (Å²) in [4.78, 5) is 4.08. The van der Waals surface area contributed by atoms with Crippen LogP contribution in [0.25, 0.3) is 0 Å². The molecule has 102 valence electrons. The van der Waals surface area contributed by atoms with Crippen LogP contribution in [0.2, 0.25) is 5.02 Å². The standard InChI is InChI=1S/C13H16ClN3O2/c1-8(15)6-10-4-3-5-11(14)13(10)18-7-12-16-9(2)19-17-12/h3-5,8H,6-7,15H2,1-2H3. The predicted molar refractivity (Wildman–Crippen MR) is 72.2 cm³/mol. The number of aryl methyl sites for hydroxylation is 1. The van der Waals surface area contributed by atoms with Gasteiger partial charge < -0.3 is 15.0 Å². The van der Waals surface area contributed by atoms with Crippen LogP contribution in [0.5, 0.6) is 5.75 Å². The van der Waals surface area contributed by atoms with Crippen LogP contribution in [0.3, 0.4) is 0 Å². The molecule has 0 saturated carbocycles. The first-order chi connectivity index (χ1) is 9.06. The summed E-state index contributed by atoms with van der Waals surface area (Å²) >= 11 is 6.15. The van der Waals surface area contributed by atoms with E-state index >= 15 is 0 Å². The van der Waals surface area contributed by atoms with Gasteiger partial charge in [-0.1, -0.05) is 28.9 Å². The lowest BCUT2D eigenvalue weighted by atomic mass is 10.1. The first kappa shape index (κ1) is 13.8. The van der Waals surface area contributed by atoms with E-state index in [1.54, 1.807) is 13.0 Å². The summed E-state index contributed by atoms with van der Waals surface area (Å²) in [6.07, 6.45) is 0.696. The smallest absolute Gasteiger partial charge is 0.223 e. The van der Waals surface area contributed by atoms with Gasteiger partial charge in [0.1, 0.15) is 5.75 Å². The van der Waals surface area contributed by atoms with Crippen LogP contribution in [-0.4, -0.2) is 16.2 Å². The molecule has 0 fully saturated rings. The van der Waals surface area contributed by atoms with Crippen molar-refractivity contribution >= 4 is 11.6 Å². The van der Waals surface area contributed by atoms with E-state index in [2.05, 4.69) is 10.1 Å². The molecular formula is C13H16ClN3O2. The average Bonchev–Trinajstić information content (AvgIpc) is 2.73. The minimum atomic E-state index is 0.0354. The van der Waals surface area contributed by atoms with E-state index < -0.39 is 0 Å². The summed E-state index contributed by atoms with van der Waals surface area (Å²) in [6, 6.07) is 5.65. The molecule has 2 rings (SSSR count). The normalized spacial score (nSPS) is 12.4. The number of ether oxygens (including phenoxy) is 1. The minimum absolute atomic E-state index is 0.0354. The van der Waals surface area contributed by atoms with E-state index in [9.17, 15) is 0 Å². The van der Waals surface area contributed by atoms with Crippen molar-refractivity contribution in [3.63, 3.8) is 0 Å². The van der Waals surface area contributed by atoms with Gasteiger partial charge in [0, 0.05) is 13.0 Å². The highest BCUT2D eigenvalue weighted by molar-refractivity contribution is 6.32. The first-order valence-corrected chi connectivity index (χ1v) is 6.39. The van der Waals surface area contributed by atoms with Crippen LogP contribution in [-0.2, 0) is 13.0 Å². The Labute approximate surface area is 116 Å². The van der Waals surface area contributed by atoms with Crippen molar-refractivity contribution in [2.75, 3.05) is 0 Å². The number of aromatic nitrogens is 2. The van der Waals surface area contributed by atoms with Crippen molar-refractivity contribution < 1.29 is 9.26 Å². The molecule has 6 heteroatoms. The molecule has 5 nitrogen and oxygen atoms in total. The van der Waals surface area contributed by atoms with Crippen LogP contribution in [0, 0.1) is 6.92 Å². The number of para-hydroxylation sites is 1. The summed E-state index contributed by atoms with van der Waals surface area (Å²) in [5.41, 5.74) is 6.79. The Bertz CT molecular complexity index is 555.